The van der Waals surface area contributed by atoms with Gasteiger partial charge in [0, 0.05) is 17.5 Å². The maximum Gasteiger partial charge on any atom is 0.123 e. The van der Waals surface area contributed by atoms with E-state index in [-0.39, 0.29) is 17.3 Å². The Labute approximate surface area is 132 Å². The molecule has 0 saturated carbocycles. The van der Waals surface area contributed by atoms with Gasteiger partial charge in [-0.15, -0.1) is 11.3 Å². The maximum absolute atomic E-state index is 13.1. The van der Waals surface area contributed by atoms with Crippen LogP contribution in [-0.2, 0) is 6.54 Å². The Morgan fingerprint density at radius 3 is 2.30 bits per heavy atom. The molecule has 0 amide bonds. The third kappa shape index (κ3) is 4.14. The summed E-state index contributed by atoms with van der Waals surface area (Å²) in [5, 5.41) is 3.59. The van der Waals surface area contributed by atoms with Gasteiger partial charge < -0.3 is 5.32 Å². The van der Waals surface area contributed by atoms with E-state index in [1.165, 1.54) is 17.0 Å². The highest BCUT2D eigenvalue weighted by molar-refractivity contribution is 9.11. The molecule has 0 aliphatic carbocycles. The standard InChI is InChI=1S/C16H19BrFNS/c1-16(2,3)15(11-4-6-12(18)7-5-11)19-10-13-8-9-14(17)20-13/h4-9,15,19H,10H2,1-3H3. The van der Waals surface area contributed by atoms with Gasteiger partial charge in [0.05, 0.1) is 3.79 Å². The van der Waals surface area contributed by atoms with Crippen molar-refractivity contribution < 1.29 is 4.39 Å². The zero-order valence-electron chi connectivity index (χ0n) is 11.9. The number of thiophene rings is 1. The van der Waals surface area contributed by atoms with Crippen LogP contribution in [0.3, 0.4) is 0 Å². The molecular weight excluding hydrogens is 337 g/mol. The molecule has 0 aliphatic rings. The van der Waals surface area contributed by atoms with Gasteiger partial charge in [0.1, 0.15) is 5.82 Å². The Bertz CT molecular complexity index is 557. The first-order chi connectivity index (χ1) is 9.36. The monoisotopic (exact) mass is 355 g/mol. The molecule has 108 valence electrons. The second-order valence-corrected chi connectivity index (χ2v) is 8.48. The average Bonchev–Trinajstić information content (AvgIpc) is 2.76. The Morgan fingerprint density at radius 2 is 1.80 bits per heavy atom. The molecule has 0 saturated heterocycles. The predicted molar refractivity (Wildman–Crippen MR) is 87.5 cm³/mol. The van der Waals surface area contributed by atoms with Crippen molar-refractivity contribution in [1.29, 1.82) is 0 Å². The SMILES string of the molecule is CC(C)(C)C(NCc1ccc(Br)s1)c1ccc(F)cc1. The molecule has 1 unspecified atom stereocenters. The van der Waals surface area contributed by atoms with Gasteiger partial charge in [0.2, 0.25) is 0 Å². The van der Waals surface area contributed by atoms with Crippen LogP contribution < -0.4 is 5.32 Å². The van der Waals surface area contributed by atoms with E-state index in [0.717, 1.165) is 15.9 Å². The summed E-state index contributed by atoms with van der Waals surface area (Å²) in [6, 6.07) is 11.1. The van der Waals surface area contributed by atoms with Crippen molar-refractivity contribution in [1.82, 2.24) is 5.32 Å². The second kappa shape index (κ2) is 6.37. The van der Waals surface area contributed by atoms with Gasteiger partial charge >= 0.3 is 0 Å². The van der Waals surface area contributed by atoms with Crippen LogP contribution in [-0.4, -0.2) is 0 Å². The summed E-state index contributed by atoms with van der Waals surface area (Å²) in [4.78, 5) is 1.29. The molecule has 1 heterocycles. The van der Waals surface area contributed by atoms with Crippen molar-refractivity contribution in [2.75, 3.05) is 0 Å². The minimum Gasteiger partial charge on any atom is -0.305 e. The van der Waals surface area contributed by atoms with E-state index in [2.05, 4.69) is 54.2 Å². The molecule has 1 atom stereocenters. The van der Waals surface area contributed by atoms with Gasteiger partial charge in [0.15, 0.2) is 0 Å². The molecular formula is C16H19BrFNS. The van der Waals surface area contributed by atoms with Crippen LogP contribution in [0, 0.1) is 11.2 Å². The van der Waals surface area contributed by atoms with Crippen LogP contribution in [0.4, 0.5) is 4.39 Å². The molecule has 0 spiro atoms. The summed E-state index contributed by atoms with van der Waals surface area (Å²) in [6.45, 7) is 7.39. The number of halogens is 2. The molecule has 2 aromatic rings. The van der Waals surface area contributed by atoms with Gasteiger partial charge in [-0.2, -0.15) is 0 Å². The van der Waals surface area contributed by atoms with Crippen LogP contribution >= 0.6 is 27.3 Å². The summed E-state index contributed by atoms with van der Waals surface area (Å²) in [5.74, 6) is -0.191. The van der Waals surface area contributed by atoms with Crippen molar-refractivity contribution in [3.63, 3.8) is 0 Å². The van der Waals surface area contributed by atoms with Crippen molar-refractivity contribution in [3.8, 4) is 0 Å². The fraction of sp³-hybridized carbons (Fsp3) is 0.375. The first-order valence-corrected chi connectivity index (χ1v) is 8.20. The summed E-state index contributed by atoms with van der Waals surface area (Å²) < 4.78 is 14.2. The third-order valence-electron chi connectivity index (χ3n) is 3.18. The van der Waals surface area contributed by atoms with E-state index in [4.69, 9.17) is 0 Å². The molecule has 1 nitrogen and oxygen atoms in total. The molecule has 0 fully saturated rings. The van der Waals surface area contributed by atoms with Crippen LogP contribution in [0.1, 0.15) is 37.3 Å². The fourth-order valence-electron chi connectivity index (χ4n) is 2.23. The van der Waals surface area contributed by atoms with Crippen molar-refractivity contribution >= 4 is 27.3 Å². The molecule has 1 N–H and O–H groups in total. The number of benzene rings is 1. The van der Waals surface area contributed by atoms with Crippen molar-refractivity contribution in [2.24, 2.45) is 5.41 Å². The maximum atomic E-state index is 13.1. The Balaban J connectivity index is 2.14. The number of hydrogen-bond acceptors (Lipinski definition) is 2. The Hall–Kier alpha value is -0.710. The molecule has 0 aliphatic heterocycles. The van der Waals surface area contributed by atoms with E-state index in [1.54, 1.807) is 11.3 Å². The fourth-order valence-corrected chi connectivity index (χ4v) is 3.66. The van der Waals surface area contributed by atoms with Crippen LogP contribution in [0.2, 0.25) is 0 Å². The molecule has 0 bridgehead atoms. The van der Waals surface area contributed by atoms with E-state index >= 15 is 0 Å². The summed E-state index contributed by atoms with van der Waals surface area (Å²) >= 11 is 5.21. The van der Waals surface area contributed by atoms with E-state index in [1.807, 2.05) is 12.1 Å². The minimum atomic E-state index is -0.191. The highest BCUT2D eigenvalue weighted by Crippen LogP contribution is 2.33. The number of rotatable bonds is 4. The largest absolute Gasteiger partial charge is 0.305 e. The summed E-state index contributed by atoms with van der Waals surface area (Å²) in [6.07, 6.45) is 0. The smallest absolute Gasteiger partial charge is 0.123 e. The van der Waals surface area contributed by atoms with Gasteiger partial charge in [-0.1, -0.05) is 32.9 Å². The zero-order valence-corrected chi connectivity index (χ0v) is 14.3. The highest BCUT2D eigenvalue weighted by Gasteiger charge is 2.25. The number of nitrogens with one attached hydrogen (secondary N) is 1. The Kier molecular flexibility index (Phi) is 4.99. The predicted octanol–water partition coefficient (Wildman–Crippen LogP) is 5.53. The first-order valence-electron chi connectivity index (χ1n) is 6.59. The lowest BCUT2D eigenvalue weighted by Gasteiger charge is -2.32. The first kappa shape index (κ1) is 15.7. The van der Waals surface area contributed by atoms with Crippen LogP contribution in [0.15, 0.2) is 40.2 Å². The lowest BCUT2D eigenvalue weighted by Crippen LogP contribution is -2.31. The van der Waals surface area contributed by atoms with Gasteiger partial charge in [0.25, 0.3) is 0 Å². The molecule has 2 rings (SSSR count). The second-order valence-electron chi connectivity index (χ2n) is 5.94. The quantitative estimate of drug-likeness (QED) is 0.760. The molecule has 1 aromatic carbocycles. The lowest BCUT2D eigenvalue weighted by atomic mass is 9.82. The third-order valence-corrected chi connectivity index (χ3v) is 4.80. The van der Waals surface area contributed by atoms with E-state index in [9.17, 15) is 4.39 Å². The van der Waals surface area contributed by atoms with Gasteiger partial charge in [-0.25, -0.2) is 4.39 Å². The summed E-state index contributed by atoms with van der Waals surface area (Å²) in [7, 11) is 0. The molecule has 1 aromatic heterocycles. The molecule has 4 heteroatoms. The van der Waals surface area contributed by atoms with E-state index in [0.29, 0.717) is 0 Å². The highest BCUT2D eigenvalue weighted by atomic mass is 79.9. The van der Waals surface area contributed by atoms with Gasteiger partial charge in [-0.3, -0.25) is 0 Å². The normalized spacial score (nSPS) is 13.4. The minimum absolute atomic E-state index is 0.0618. The Morgan fingerprint density at radius 1 is 1.15 bits per heavy atom. The summed E-state index contributed by atoms with van der Waals surface area (Å²) in [5.41, 5.74) is 1.18. The van der Waals surface area contributed by atoms with Gasteiger partial charge in [-0.05, 0) is 51.2 Å². The molecule has 20 heavy (non-hydrogen) atoms. The average molecular weight is 356 g/mol. The molecule has 0 radical (unpaired) electrons. The van der Waals surface area contributed by atoms with Crippen molar-refractivity contribution in [3.05, 3.63) is 56.4 Å². The lowest BCUT2D eigenvalue weighted by molar-refractivity contribution is 0.271. The topological polar surface area (TPSA) is 12.0 Å². The van der Waals surface area contributed by atoms with Crippen LogP contribution in [0.25, 0.3) is 0 Å². The van der Waals surface area contributed by atoms with E-state index < -0.39 is 0 Å². The number of hydrogen-bond donors (Lipinski definition) is 1. The van der Waals surface area contributed by atoms with Crippen molar-refractivity contribution in [2.45, 2.75) is 33.4 Å². The van der Waals surface area contributed by atoms with Crippen LogP contribution in [0.5, 0.6) is 0 Å². The zero-order chi connectivity index (χ0) is 14.8.